The molecule has 0 fully saturated rings. The second-order valence-corrected chi connectivity index (χ2v) is 37.7. The maximum Gasteiger partial charge on any atom is 0.164 e. The van der Waals surface area contributed by atoms with Crippen LogP contribution < -0.4 is 0 Å². The van der Waals surface area contributed by atoms with E-state index in [-0.39, 0.29) is 0 Å². The van der Waals surface area contributed by atoms with Gasteiger partial charge in [-0.15, -0.1) is 45.3 Å². The predicted octanol–water partition coefficient (Wildman–Crippen LogP) is 33.6. The van der Waals surface area contributed by atoms with Crippen molar-refractivity contribution in [1.29, 1.82) is 0 Å². The molecule has 644 valence electrons. The highest BCUT2D eigenvalue weighted by atomic mass is 32.1. The van der Waals surface area contributed by atoms with Gasteiger partial charge < -0.3 is 4.42 Å². The average molecular weight is 1830 g/mol. The van der Waals surface area contributed by atoms with Crippen molar-refractivity contribution >= 4 is 118 Å². The summed E-state index contributed by atoms with van der Waals surface area (Å²) in [5.41, 5.74) is 22.8. The lowest BCUT2D eigenvalue weighted by Crippen LogP contribution is -2.00. The highest BCUT2D eigenvalue weighted by Crippen LogP contribution is 2.43. The first-order valence-electron chi connectivity index (χ1n) is 45.2. The summed E-state index contributed by atoms with van der Waals surface area (Å²) in [6.07, 6.45) is 3.66. The summed E-state index contributed by atoms with van der Waals surface area (Å²) in [7, 11) is 0. The molecule has 0 N–H and O–H groups in total. The largest absolute Gasteiger partial charge is 0.456 e. The van der Waals surface area contributed by atoms with Gasteiger partial charge in [-0.05, 0) is 150 Å². The topological polar surface area (TPSA) is 142 Å². The molecular formula is C122H76N10OS4. The monoisotopic (exact) mass is 1820 g/mol. The van der Waals surface area contributed by atoms with E-state index in [0.29, 0.717) is 52.4 Å². The third kappa shape index (κ3) is 17.3. The number of nitrogens with zero attached hydrogens (tertiary/aromatic N) is 10. The number of furan rings is 1. The van der Waals surface area contributed by atoms with Crippen LogP contribution in [0.25, 0.3) is 251 Å². The lowest BCUT2D eigenvalue weighted by atomic mass is 10.0. The fourth-order valence-corrected chi connectivity index (χ4v) is 21.8. The molecule has 0 saturated heterocycles. The standard InChI is InChI=1S/C41H25N3OS.C41H25N3S2.C40H26N4S/c1-2-8-26(9-3-1)27-14-18-29(19-15-27)39-42-40(30-20-16-28(17-21-30)38-25-31-10-4-7-13-37(31)46-38)44-41(43-39)32-22-23-34-33-11-5-6-12-35(33)45-36(34)24-32;1-2-8-26(9-3-1)27-14-18-29(19-15-27)39-42-40(30-20-16-28(17-21-30)37-24-31-10-4-6-12-35(31)45-37)44-41(43-39)32-22-23-34-33-11-5-7-13-36(33)46-38(34)25-32;1-2-7-27(8-3-1)28-12-18-31(19-13-28)38-42-39(32-20-14-29(15-21-32)35-10-6-24-41-26-35)44-40(43-38)33-22-16-30(17-23-33)37-25-34-9-4-5-11-36(34)45-37/h2*1-25H;1-26H. The molecule has 11 nitrogen and oxygen atoms in total. The molecule has 0 bridgehead atoms. The van der Waals surface area contributed by atoms with Gasteiger partial charge in [-0.3, -0.25) is 4.98 Å². The van der Waals surface area contributed by atoms with Gasteiger partial charge in [0, 0.05) is 122 Å². The van der Waals surface area contributed by atoms with Crippen LogP contribution in [0.15, 0.2) is 466 Å². The van der Waals surface area contributed by atoms with E-state index in [1.807, 2.05) is 66.1 Å². The highest BCUT2D eigenvalue weighted by Gasteiger charge is 2.22. The van der Waals surface area contributed by atoms with Gasteiger partial charge >= 0.3 is 0 Å². The second-order valence-electron chi connectivity index (χ2n) is 33.4. The summed E-state index contributed by atoms with van der Waals surface area (Å²) in [6.45, 7) is 0. The van der Waals surface area contributed by atoms with Crippen molar-refractivity contribution in [3.05, 3.63) is 461 Å². The summed E-state index contributed by atoms with van der Waals surface area (Å²) in [5, 5.41) is 8.50. The molecule has 26 aromatic rings. The zero-order valence-electron chi connectivity index (χ0n) is 73.4. The number of aromatic nitrogens is 10. The lowest BCUT2D eigenvalue weighted by molar-refractivity contribution is 0.669. The van der Waals surface area contributed by atoms with E-state index >= 15 is 0 Å². The van der Waals surface area contributed by atoms with E-state index in [1.165, 1.54) is 98.4 Å². The molecule has 0 atom stereocenters. The first-order valence-corrected chi connectivity index (χ1v) is 48.4. The van der Waals surface area contributed by atoms with Gasteiger partial charge in [-0.25, -0.2) is 44.9 Å². The summed E-state index contributed by atoms with van der Waals surface area (Å²) >= 11 is 7.22. The van der Waals surface area contributed by atoms with E-state index in [0.717, 1.165) is 99.8 Å². The van der Waals surface area contributed by atoms with Gasteiger partial charge in [0.25, 0.3) is 0 Å². The number of para-hydroxylation sites is 1. The predicted molar refractivity (Wildman–Crippen MR) is 571 cm³/mol. The van der Waals surface area contributed by atoms with Crippen LogP contribution in [0.2, 0.25) is 0 Å². The molecule has 15 heteroatoms. The molecule has 26 rings (SSSR count). The third-order valence-electron chi connectivity index (χ3n) is 24.6. The third-order valence-corrected chi connectivity index (χ3v) is 29.3. The number of hydrogen-bond donors (Lipinski definition) is 0. The minimum Gasteiger partial charge on any atom is -0.456 e. The Kier molecular flexibility index (Phi) is 22.3. The zero-order valence-corrected chi connectivity index (χ0v) is 76.7. The van der Waals surface area contributed by atoms with Crippen LogP contribution in [0.5, 0.6) is 0 Å². The molecule has 0 spiro atoms. The SMILES string of the molecule is c1ccc(-c2ccc(-c3nc(-c4ccc(-c5cc6ccccc6s5)cc4)nc(-c4ccc5c(c4)oc4ccccc45)n3)cc2)cc1.c1ccc(-c2ccc(-c3nc(-c4ccc(-c5cc6ccccc6s5)cc4)nc(-c4ccc5c(c4)sc4ccccc45)n3)cc2)cc1.c1ccc(-c2ccc(-c3nc(-c4ccc(-c5cccnc5)cc4)nc(-c4ccc(-c5cc6ccccc6s5)cc4)n3)cc2)cc1. The number of fused-ring (bicyclic) bond motifs is 9. The van der Waals surface area contributed by atoms with Gasteiger partial charge in [0.05, 0.1) is 0 Å². The molecule has 0 aliphatic carbocycles. The Hall–Kier alpha value is -17.2. The average Bonchev–Trinajstić information content (AvgIpc) is 1.71. The first-order chi connectivity index (χ1) is 67.8. The van der Waals surface area contributed by atoms with Crippen molar-refractivity contribution in [3.8, 4) is 178 Å². The molecule has 137 heavy (non-hydrogen) atoms. The lowest BCUT2D eigenvalue weighted by Gasteiger charge is -2.10. The van der Waals surface area contributed by atoms with E-state index < -0.39 is 0 Å². The van der Waals surface area contributed by atoms with Gasteiger partial charge in [-0.1, -0.05) is 376 Å². The Morgan fingerprint density at radius 3 is 0.766 bits per heavy atom. The molecule has 17 aromatic carbocycles. The summed E-state index contributed by atoms with van der Waals surface area (Å²) in [5.74, 6) is 5.74. The van der Waals surface area contributed by atoms with E-state index in [1.54, 1.807) is 40.2 Å². The van der Waals surface area contributed by atoms with Gasteiger partial charge in [0.2, 0.25) is 0 Å². The maximum atomic E-state index is 6.21. The number of pyridine rings is 1. The molecule has 0 aliphatic heterocycles. The summed E-state index contributed by atoms with van der Waals surface area (Å²) in [6, 6.07) is 156. The van der Waals surface area contributed by atoms with Crippen molar-refractivity contribution in [1.82, 2.24) is 49.8 Å². The fourth-order valence-electron chi connectivity index (χ4n) is 17.4. The van der Waals surface area contributed by atoms with Crippen molar-refractivity contribution < 1.29 is 4.42 Å². The number of benzene rings is 17. The molecule has 9 aromatic heterocycles. The Balaban J connectivity index is 0.000000112. The van der Waals surface area contributed by atoms with Crippen LogP contribution in [0.3, 0.4) is 0 Å². The Morgan fingerprint density at radius 2 is 0.409 bits per heavy atom. The van der Waals surface area contributed by atoms with Crippen molar-refractivity contribution in [3.63, 3.8) is 0 Å². The highest BCUT2D eigenvalue weighted by molar-refractivity contribution is 7.26. The van der Waals surface area contributed by atoms with Crippen molar-refractivity contribution in [2.24, 2.45) is 0 Å². The molecule has 0 saturated carbocycles. The van der Waals surface area contributed by atoms with Crippen LogP contribution in [-0.4, -0.2) is 49.8 Å². The number of rotatable bonds is 16. The smallest absolute Gasteiger partial charge is 0.164 e. The van der Waals surface area contributed by atoms with Crippen molar-refractivity contribution in [2.45, 2.75) is 0 Å². The minimum atomic E-state index is 0.600. The molecule has 0 amide bonds. The summed E-state index contributed by atoms with van der Waals surface area (Å²) in [4.78, 5) is 53.0. The van der Waals surface area contributed by atoms with E-state index in [4.69, 9.17) is 49.3 Å². The van der Waals surface area contributed by atoms with Crippen LogP contribution in [-0.2, 0) is 0 Å². The van der Waals surface area contributed by atoms with Crippen LogP contribution in [0, 0.1) is 0 Å². The Bertz CT molecular complexity index is 8350. The zero-order chi connectivity index (χ0) is 90.9. The fraction of sp³-hybridized carbons (Fsp3) is 0. The quantitative estimate of drug-likeness (QED) is 0.0912. The Labute approximate surface area is 805 Å². The first kappa shape index (κ1) is 82.9. The van der Waals surface area contributed by atoms with Gasteiger partial charge in [0.1, 0.15) is 11.2 Å². The molecule has 0 aliphatic rings. The van der Waals surface area contributed by atoms with Crippen LogP contribution >= 0.6 is 45.3 Å². The van der Waals surface area contributed by atoms with Crippen molar-refractivity contribution in [2.75, 3.05) is 0 Å². The number of thiophene rings is 4. The molecule has 0 radical (unpaired) electrons. The van der Waals surface area contributed by atoms with E-state index in [9.17, 15) is 0 Å². The normalized spacial score (nSPS) is 11.4. The van der Waals surface area contributed by atoms with Gasteiger partial charge in [-0.2, -0.15) is 0 Å². The Morgan fingerprint density at radius 1 is 0.153 bits per heavy atom. The van der Waals surface area contributed by atoms with Crippen LogP contribution in [0.1, 0.15) is 0 Å². The molecule has 0 unspecified atom stereocenters. The molecular weight excluding hydrogens is 1750 g/mol. The molecule has 9 heterocycles. The number of hydrogen-bond acceptors (Lipinski definition) is 15. The summed E-state index contributed by atoms with van der Waals surface area (Å²) < 4.78 is 12.6. The maximum absolute atomic E-state index is 6.21. The van der Waals surface area contributed by atoms with Crippen LogP contribution in [0.4, 0.5) is 0 Å². The second kappa shape index (κ2) is 36.8. The van der Waals surface area contributed by atoms with Gasteiger partial charge in [0.15, 0.2) is 52.4 Å². The van der Waals surface area contributed by atoms with E-state index in [2.05, 4.69) is 405 Å². The minimum absolute atomic E-state index is 0.600.